The van der Waals surface area contributed by atoms with E-state index in [2.05, 4.69) is 4.98 Å². The Morgan fingerprint density at radius 2 is 2.07 bits per heavy atom. The average molecular weight is 192 g/mol. The van der Waals surface area contributed by atoms with Crippen LogP contribution in [0.25, 0.3) is 0 Å². The SMILES string of the molecule is CCC(CC)(C(N)=O)c1ccccn1. The van der Waals surface area contributed by atoms with Gasteiger partial charge in [-0.1, -0.05) is 19.9 Å². The molecule has 2 N–H and O–H groups in total. The molecule has 1 amide bonds. The van der Waals surface area contributed by atoms with Crippen molar-refractivity contribution in [1.82, 2.24) is 4.98 Å². The fourth-order valence-electron chi connectivity index (χ4n) is 1.73. The van der Waals surface area contributed by atoms with Gasteiger partial charge < -0.3 is 5.73 Å². The molecule has 1 rings (SSSR count). The van der Waals surface area contributed by atoms with Gasteiger partial charge in [-0.2, -0.15) is 0 Å². The van der Waals surface area contributed by atoms with Crippen LogP contribution in [0.5, 0.6) is 0 Å². The Morgan fingerprint density at radius 3 is 2.43 bits per heavy atom. The topological polar surface area (TPSA) is 56.0 Å². The summed E-state index contributed by atoms with van der Waals surface area (Å²) < 4.78 is 0. The van der Waals surface area contributed by atoms with Gasteiger partial charge in [0.15, 0.2) is 0 Å². The number of hydrogen-bond acceptors (Lipinski definition) is 2. The molecule has 0 spiro atoms. The van der Waals surface area contributed by atoms with Gasteiger partial charge in [-0.25, -0.2) is 0 Å². The standard InChI is InChI=1S/C11H16N2O/c1-3-11(4-2,10(12)14)9-7-5-6-8-13-9/h5-8H,3-4H2,1-2H3,(H2,12,14). The summed E-state index contributed by atoms with van der Waals surface area (Å²) in [4.78, 5) is 15.7. The summed E-state index contributed by atoms with van der Waals surface area (Å²) >= 11 is 0. The lowest BCUT2D eigenvalue weighted by Crippen LogP contribution is -2.40. The first-order chi connectivity index (χ1) is 6.67. The number of carbonyl (C=O) groups is 1. The zero-order valence-electron chi connectivity index (χ0n) is 8.66. The zero-order chi connectivity index (χ0) is 10.6. The first-order valence-electron chi connectivity index (χ1n) is 4.88. The highest BCUT2D eigenvalue weighted by Crippen LogP contribution is 2.29. The molecule has 0 saturated heterocycles. The number of primary amides is 1. The molecular formula is C11H16N2O. The van der Waals surface area contributed by atoms with Crippen LogP contribution in [0, 0.1) is 0 Å². The van der Waals surface area contributed by atoms with E-state index in [-0.39, 0.29) is 5.91 Å². The zero-order valence-corrected chi connectivity index (χ0v) is 8.66. The molecule has 0 aromatic carbocycles. The molecule has 0 aliphatic rings. The highest BCUT2D eigenvalue weighted by Gasteiger charge is 2.35. The predicted molar refractivity (Wildman–Crippen MR) is 55.7 cm³/mol. The lowest BCUT2D eigenvalue weighted by molar-refractivity contribution is -0.124. The third-order valence-electron chi connectivity index (χ3n) is 2.83. The smallest absolute Gasteiger partial charge is 0.229 e. The average Bonchev–Trinajstić information content (AvgIpc) is 2.22. The van der Waals surface area contributed by atoms with Crippen molar-refractivity contribution in [3.05, 3.63) is 30.1 Å². The van der Waals surface area contributed by atoms with Gasteiger partial charge >= 0.3 is 0 Å². The number of aromatic nitrogens is 1. The number of hydrogen-bond donors (Lipinski definition) is 1. The van der Waals surface area contributed by atoms with E-state index in [0.717, 1.165) is 5.69 Å². The van der Waals surface area contributed by atoms with Crippen LogP contribution in [0.4, 0.5) is 0 Å². The summed E-state index contributed by atoms with van der Waals surface area (Å²) in [7, 11) is 0. The van der Waals surface area contributed by atoms with Crippen molar-refractivity contribution in [2.24, 2.45) is 5.73 Å². The van der Waals surface area contributed by atoms with Gasteiger partial charge in [-0.3, -0.25) is 9.78 Å². The second-order valence-electron chi connectivity index (χ2n) is 3.37. The molecule has 1 heterocycles. The minimum atomic E-state index is -0.596. The number of nitrogens with two attached hydrogens (primary N) is 1. The third kappa shape index (κ3) is 1.62. The summed E-state index contributed by atoms with van der Waals surface area (Å²) in [5.74, 6) is -0.291. The van der Waals surface area contributed by atoms with Gasteiger partial charge in [-0.15, -0.1) is 0 Å². The largest absolute Gasteiger partial charge is 0.369 e. The molecule has 0 aliphatic heterocycles. The van der Waals surface area contributed by atoms with Crippen molar-refractivity contribution in [3.8, 4) is 0 Å². The second-order valence-corrected chi connectivity index (χ2v) is 3.37. The molecular weight excluding hydrogens is 176 g/mol. The highest BCUT2D eigenvalue weighted by molar-refractivity contribution is 5.86. The molecule has 0 unspecified atom stereocenters. The van der Waals surface area contributed by atoms with Gasteiger partial charge in [0, 0.05) is 6.20 Å². The summed E-state index contributed by atoms with van der Waals surface area (Å²) in [5, 5.41) is 0. The van der Waals surface area contributed by atoms with E-state index in [0.29, 0.717) is 12.8 Å². The van der Waals surface area contributed by atoms with E-state index in [4.69, 9.17) is 5.73 Å². The van der Waals surface area contributed by atoms with Gasteiger partial charge in [0.25, 0.3) is 0 Å². The number of rotatable bonds is 4. The second kappa shape index (κ2) is 4.22. The van der Waals surface area contributed by atoms with Crippen molar-refractivity contribution in [1.29, 1.82) is 0 Å². The van der Waals surface area contributed by atoms with Gasteiger partial charge in [0.1, 0.15) is 0 Å². The molecule has 3 heteroatoms. The molecule has 76 valence electrons. The van der Waals surface area contributed by atoms with Crippen molar-refractivity contribution < 1.29 is 4.79 Å². The summed E-state index contributed by atoms with van der Waals surface area (Å²) in [6, 6.07) is 5.57. The monoisotopic (exact) mass is 192 g/mol. The Morgan fingerprint density at radius 1 is 1.43 bits per heavy atom. The van der Waals surface area contributed by atoms with Crippen LogP contribution in [0.2, 0.25) is 0 Å². The molecule has 0 saturated carbocycles. The van der Waals surface area contributed by atoms with E-state index in [9.17, 15) is 4.79 Å². The maximum absolute atomic E-state index is 11.5. The molecule has 0 atom stereocenters. The molecule has 14 heavy (non-hydrogen) atoms. The van der Waals surface area contributed by atoms with Gasteiger partial charge in [0.05, 0.1) is 11.1 Å². The third-order valence-corrected chi connectivity index (χ3v) is 2.83. The first kappa shape index (κ1) is 10.7. The maximum Gasteiger partial charge on any atom is 0.229 e. The lowest BCUT2D eigenvalue weighted by atomic mass is 9.78. The first-order valence-corrected chi connectivity index (χ1v) is 4.88. The van der Waals surface area contributed by atoms with Crippen molar-refractivity contribution >= 4 is 5.91 Å². The van der Waals surface area contributed by atoms with Gasteiger partial charge in [0.2, 0.25) is 5.91 Å². The molecule has 1 aromatic heterocycles. The van der Waals surface area contributed by atoms with Crippen LogP contribution in [-0.2, 0) is 10.2 Å². The fraction of sp³-hybridized carbons (Fsp3) is 0.455. The van der Waals surface area contributed by atoms with E-state index in [1.807, 2.05) is 32.0 Å². The normalized spacial score (nSPS) is 11.3. The van der Waals surface area contributed by atoms with Crippen molar-refractivity contribution in [3.63, 3.8) is 0 Å². The Labute approximate surface area is 84.3 Å². The Bertz CT molecular complexity index is 304. The maximum atomic E-state index is 11.5. The van der Waals surface area contributed by atoms with E-state index in [1.54, 1.807) is 6.20 Å². The quantitative estimate of drug-likeness (QED) is 0.788. The molecule has 0 radical (unpaired) electrons. The minimum Gasteiger partial charge on any atom is -0.369 e. The van der Waals surface area contributed by atoms with E-state index >= 15 is 0 Å². The van der Waals surface area contributed by atoms with Crippen LogP contribution >= 0.6 is 0 Å². The van der Waals surface area contributed by atoms with Crippen LogP contribution in [0.1, 0.15) is 32.4 Å². The number of amides is 1. The molecule has 0 aliphatic carbocycles. The Balaban J connectivity index is 3.18. The van der Waals surface area contributed by atoms with Crippen LogP contribution < -0.4 is 5.73 Å². The molecule has 1 aromatic rings. The number of pyridine rings is 1. The van der Waals surface area contributed by atoms with E-state index in [1.165, 1.54) is 0 Å². The van der Waals surface area contributed by atoms with Crippen LogP contribution in [0.3, 0.4) is 0 Å². The van der Waals surface area contributed by atoms with Crippen molar-refractivity contribution in [2.75, 3.05) is 0 Å². The summed E-state index contributed by atoms with van der Waals surface area (Å²) in [6.45, 7) is 3.92. The number of carbonyl (C=O) groups excluding carboxylic acids is 1. The lowest BCUT2D eigenvalue weighted by Gasteiger charge is -2.27. The molecule has 3 nitrogen and oxygen atoms in total. The van der Waals surface area contributed by atoms with Gasteiger partial charge in [-0.05, 0) is 25.0 Å². The fourth-order valence-corrected chi connectivity index (χ4v) is 1.73. The predicted octanol–water partition coefficient (Wildman–Crippen LogP) is 1.62. The number of nitrogens with zero attached hydrogens (tertiary/aromatic N) is 1. The van der Waals surface area contributed by atoms with Crippen LogP contribution in [-0.4, -0.2) is 10.9 Å². The van der Waals surface area contributed by atoms with Crippen LogP contribution in [0.15, 0.2) is 24.4 Å². The minimum absolute atomic E-state index is 0.291. The van der Waals surface area contributed by atoms with Crippen molar-refractivity contribution in [2.45, 2.75) is 32.1 Å². The summed E-state index contributed by atoms with van der Waals surface area (Å²) in [5.41, 5.74) is 5.63. The highest BCUT2D eigenvalue weighted by atomic mass is 16.1. The molecule has 0 bridgehead atoms. The molecule has 0 fully saturated rings. The van der Waals surface area contributed by atoms with E-state index < -0.39 is 5.41 Å². The Kier molecular flexibility index (Phi) is 3.23. The Hall–Kier alpha value is -1.38. The summed E-state index contributed by atoms with van der Waals surface area (Å²) in [6.07, 6.45) is 3.07.